The first kappa shape index (κ1) is 23.3. The molecule has 0 fully saturated rings. The summed E-state index contributed by atoms with van der Waals surface area (Å²) in [7, 11) is 0. The van der Waals surface area contributed by atoms with Gasteiger partial charge in [-0.05, 0) is 42.8 Å². The molecule has 12 heteroatoms. The van der Waals surface area contributed by atoms with Crippen LogP contribution in [0.4, 0.5) is 13.2 Å². The number of fused-ring (bicyclic) bond motifs is 1. The van der Waals surface area contributed by atoms with Crippen molar-refractivity contribution in [3.05, 3.63) is 72.1 Å². The van der Waals surface area contributed by atoms with Gasteiger partial charge in [0.15, 0.2) is 5.69 Å². The number of H-pyrrole nitrogens is 1. The van der Waals surface area contributed by atoms with Crippen molar-refractivity contribution >= 4 is 16.8 Å². The second kappa shape index (κ2) is 8.96. The van der Waals surface area contributed by atoms with Crippen molar-refractivity contribution in [2.24, 2.45) is 5.73 Å². The van der Waals surface area contributed by atoms with Crippen LogP contribution in [0.1, 0.15) is 18.2 Å². The van der Waals surface area contributed by atoms with Crippen LogP contribution < -0.4 is 11.1 Å². The van der Waals surface area contributed by atoms with Gasteiger partial charge >= 0.3 is 6.18 Å². The third-order valence-electron chi connectivity index (χ3n) is 5.50. The van der Waals surface area contributed by atoms with Crippen LogP contribution in [-0.4, -0.2) is 36.9 Å². The Morgan fingerprint density at radius 3 is 2.69 bits per heavy atom. The summed E-state index contributed by atoms with van der Waals surface area (Å²) in [4.78, 5) is 14.9. The first-order valence-corrected chi connectivity index (χ1v) is 10.9. The van der Waals surface area contributed by atoms with E-state index < -0.39 is 17.9 Å². The Balaban J connectivity index is 1.55. The van der Waals surface area contributed by atoms with Crippen LogP contribution in [0, 0.1) is 0 Å². The van der Waals surface area contributed by atoms with E-state index in [1.165, 1.54) is 0 Å². The molecule has 1 atom stereocenters. The fourth-order valence-electron chi connectivity index (χ4n) is 3.72. The normalized spacial score (nSPS) is 12.7. The fourth-order valence-corrected chi connectivity index (χ4v) is 3.72. The zero-order valence-electron chi connectivity index (χ0n) is 18.9. The van der Waals surface area contributed by atoms with Crippen molar-refractivity contribution in [3.8, 4) is 28.7 Å². The largest absolute Gasteiger partial charge is 0.435 e. The van der Waals surface area contributed by atoms with E-state index >= 15 is 0 Å². The lowest BCUT2D eigenvalue weighted by Crippen LogP contribution is -2.37. The molecule has 0 aliphatic heterocycles. The van der Waals surface area contributed by atoms with Gasteiger partial charge in [-0.25, -0.2) is 4.68 Å². The molecule has 4 N–H and O–H groups in total. The maximum atomic E-state index is 13.6. The predicted molar refractivity (Wildman–Crippen MR) is 125 cm³/mol. The molecule has 0 bridgehead atoms. The highest BCUT2D eigenvalue weighted by atomic mass is 19.4. The predicted octanol–water partition coefficient (Wildman–Crippen LogP) is 4.05. The summed E-state index contributed by atoms with van der Waals surface area (Å²) in [6.45, 7) is 1.69. The lowest BCUT2D eigenvalue weighted by Gasteiger charge is -2.10. The Morgan fingerprint density at radius 2 is 1.92 bits per heavy atom. The molecular formula is C24H20F3N7O2. The molecule has 0 spiro atoms. The van der Waals surface area contributed by atoms with Crippen LogP contribution in [0.15, 0.2) is 65.2 Å². The number of rotatable bonds is 6. The Morgan fingerprint density at radius 1 is 1.14 bits per heavy atom. The Kier molecular flexibility index (Phi) is 5.80. The molecule has 36 heavy (non-hydrogen) atoms. The Bertz CT molecular complexity index is 1550. The van der Waals surface area contributed by atoms with Crippen LogP contribution in [0.25, 0.3) is 39.6 Å². The molecule has 184 valence electrons. The Labute approximate surface area is 202 Å². The third-order valence-corrected chi connectivity index (χ3v) is 5.50. The van der Waals surface area contributed by atoms with Crippen LogP contribution in [0.2, 0.25) is 0 Å². The lowest BCUT2D eigenvalue weighted by atomic mass is 10.1. The van der Waals surface area contributed by atoms with Gasteiger partial charge in [0.25, 0.3) is 5.89 Å². The molecule has 0 radical (unpaired) electrons. The molecule has 1 amide bonds. The smallest absolute Gasteiger partial charge is 0.415 e. The lowest BCUT2D eigenvalue weighted by molar-refractivity contribution is -0.141. The quantitative estimate of drug-likeness (QED) is 0.326. The minimum Gasteiger partial charge on any atom is -0.415 e. The number of aromatic nitrogens is 5. The zero-order valence-corrected chi connectivity index (χ0v) is 18.9. The van der Waals surface area contributed by atoms with E-state index in [9.17, 15) is 18.0 Å². The number of halogens is 3. The van der Waals surface area contributed by atoms with Crippen LogP contribution in [0.3, 0.4) is 0 Å². The maximum absolute atomic E-state index is 13.6. The van der Waals surface area contributed by atoms with Gasteiger partial charge in [-0.15, -0.1) is 10.2 Å². The molecule has 0 saturated heterocycles. The second-order valence-corrected chi connectivity index (χ2v) is 8.16. The van der Waals surface area contributed by atoms with Crippen molar-refractivity contribution in [3.63, 3.8) is 0 Å². The van der Waals surface area contributed by atoms with E-state index in [4.69, 9.17) is 10.2 Å². The van der Waals surface area contributed by atoms with Crippen molar-refractivity contribution < 1.29 is 22.4 Å². The van der Waals surface area contributed by atoms with Gasteiger partial charge in [-0.1, -0.05) is 18.2 Å². The van der Waals surface area contributed by atoms with Gasteiger partial charge < -0.3 is 20.5 Å². The number of aromatic amines is 1. The molecule has 3 heterocycles. The summed E-state index contributed by atoms with van der Waals surface area (Å²) in [5, 5.41) is 15.4. The van der Waals surface area contributed by atoms with E-state index in [2.05, 4.69) is 25.6 Å². The van der Waals surface area contributed by atoms with Crippen molar-refractivity contribution in [1.82, 2.24) is 30.3 Å². The zero-order chi connectivity index (χ0) is 25.4. The summed E-state index contributed by atoms with van der Waals surface area (Å²) in [5.74, 6) is -0.324. The summed E-state index contributed by atoms with van der Waals surface area (Å²) < 4.78 is 47.7. The van der Waals surface area contributed by atoms with Gasteiger partial charge in [-0.2, -0.15) is 18.3 Å². The average Bonchev–Trinajstić information content (AvgIpc) is 3.60. The first-order valence-electron chi connectivity index (χ1n) is 10.9. The van der Waals surface area contributed by atoms with E-state index in [0.717, 1.165) is 21.7 Å². The number of hydrogen-bond acceptors (Lipinski definition) is 6. The third kappa shape index (κ3) is 4.45. The van der Waals surface area contributed by atoms with Gasteiger partial charge in [0.05, 0.1) is 11.7 Å². The molecule has 9 nitrogen and oxygen atoms in total. The summed E-state index contributed by atoms with van der Waals surface area (Å²) in [6.07, 6.45) is -2.93. The maximum Gasteiger partial charge on any atom is 0.435 e. The van der Waals surface area contributed by atoms with Crippen LogP contribution >= 0.6 is 0 Å². The minimum absolute atomic E-state index is 0.0286. The Hall–Kier alpha value is -4.45. The fraction of sp³-hybridized carbons (Fsp3) is 0.167. The van der Waals surface area contributed by atoms with Crippen LogP contribution in [-0.2, 0) is 17.5 Å². The summed E-state index contributed by atoms with van der Waals surface area (Å²) in [5.41, 5.74) is 6.87. The number of alkyl halides is 3. The standard InChI is InChI=1S/C24H20F3N7O2/c1-13(28)21(35)30-12-14-4-2-5-15(10-14)34-19(11-20(33-34)24(25,26)27)23-32-31-22(36-23)17-6-3-7-18-16(17)8-9-29-18/h2-11,13,29H,12,28H2,1H3,(H,30,35)/t13-/m1/s1. The number of amides is 1. The SMILES string of the molecule is C[C@@H](N)C(=O)NCc1cccc(-n2nc(C(F)(F)F)cc2-c2nnc(-c3cccc4[nH]ccc34)o2)c1. The number of nitrogens with one attached hydrogen (secondary N) is 2. The molecule has 0 aliphatic rings. The topological polar surface area (TPSA) is 128 Å². The summed E-state index contributed by atoms with van der Waals surface area (Å²) >= 11 is 0. The van der Waals surface area contributed by atoms with Gasteiger partial charge in [-0.3, -0.25) is 4.79 Å². The molecule has 2 aromatic carbocycles. The van der Waals surface area contributed by atoms with Gasteiger partial charge in [0, 0.05) is 35.3 Å². The van der Waals surface area contributed by atoms with Crippen LogP contribution in [0.5, 0.6) is 0 Å². The molecule has 0 aliphatic carbocycles. The van der Waals surface area contributed by atoms with Crippen molar-refractivity contribution in [2.75, 3.05) is 0 Å². The highest BCUT2D eigenvalue weighted by molar-refractivity contribution is 5.92. The number of nitrogens with two attached hydrogens (primary N) is 1. The molecule has 5 aromatic rings. The number of carbonyl (C=O) groups is 1. The number of benzene rings is 2. The number of hydrogen-bond donors (Lipinski definition) is 3. The van der Waals surface area contributed by atoms with E-state index in [0.29, 0.717) is 16.8 Å². The van der Waals surface area contributed by atoms with E-state index in [-0.39, 0.29) is 29.9 Å². The minimum atomic E-state index is -4.69. The molecule has 0 unspecified atom stereocenters. The average molecular weight is 495 g/mol. The second-order valence-electron chi connectivity index (χ2n) is 8.16. The monoisotopic (exact) mass is 495 g/mol. The molecule has 5 rings (SSSR count). The van der Waals surface area contributed by atoms with Gasteiger partial charge in [0.1, 0.15) is 5.69 Å². The highest BCUT2D eigenvalue weighted by Crippen LogP contribution is 2.34. The highest BCUT2D eigenvalue weighted by Gasteiger charge is 2.36. The van der Waals surface area contributed by atoms with E-state index in [1.807, 2.05) is 12.1 Å². The van der Waals surface area contributed by atoms with Gasteiger partial charge in [0.2, 0.25) is 11.8 Å². The first-order chi connectivity index (χ1) is 17.2. The molecular weight excluding hydrogens is 475 g/mol. The van der Waals surface area contributed by atoms with Crippen molar-refractivity contribution in [2.45, 2.75) is 25.7 Å². The summed E-state index contributed by atoms with van der Waals surface area (Å²) in [6, 6.07) is 14.0. The molecule has 3 aromatic heterocycles. The number of carbonyl (C=O) groups excluding carboxylic acids is 1. The number of nitrogens with zero attached hydrogens (tertiary/aromatic N) is 4. The van der Waals surface area contributed by atoms with Crippen molar-refractivity contribution in [1.29, 1.82) is 0 Å². The molecule has 0 saturated carbocycles. The van der Waals surface area contributed by atoms with E-state index in [1.54, 1.807) is 49.5 Å².